The van der Waals surface area contributed by atoms with Crippen molar-refractivity contribution in [2.45, 2.75) is 6.92 Å². The van der Waals surface area contributed by atoms with Crippen LogP contribution in [0.25, 0.3) is 22.2 Å². The molecule has 4 aromatic rings. The lowest BCUT2D eigenvalue weighted by Crippen LogP contribution is -2.18. The molecule has 0 radical (unpaired) electrons. The third-order valence-corrected chi connectivity index (χ3v) is 5.41. The summed E-state index contributed by atoms with van der Waals surface area (Å²) in [5.41, 5.74) is 5.49. The molecule has 0 atom stereocenters. The number of hydrazone groups is 1. The molecule has 138 valence electrons. The van der Waals surface area contributed by atoms with Crippen molar-refractivity contribution in [3.63, 3.8) is 0 Å². The van der Waals surface area contributed by atoms with Gasteiger partial charge in [-0.1, -0.05) is 41.9 Å². The van der Waals surface area contributed by atoms with Gasteiger partial charge in [-0.2, -0.15) is 5.10 Å². The smallest absolute Gasteiger partial charge is 0.267 e. The normalized spacial score (nSPS) is 11.2. The molecule has 1 amide bonds. The van der Waals surface area contributed by atoms with Crippen LogP contribution in [0.3, 0.4) is 0 Å². The highest BCUT2D eigenvalue weighted by Crippen LogP contribution is 2.26. The number of benzene rings is 2. The molecular formula is C22H16ClN3OS. The van der Waals surface area contributed by atoms with E-state index in [0.29, 0.717) is 16.3 Å². The highest BCUT2D eigenvalue weighted by atomic mass is 35.5. The monoisotopic (exact) mass is 405 g/mol. The maximum absolute atomic E-state index is 12.8. The molecule has 0 fully saturated rings. The van der Waals surface area contributed by atoms with E-state index in [1.54, 1.807) is 35.8 Å². The third kappa shape index (κ3) is 3.96. The zero-order valence-corrected chi connectivity index (χ0v) is 16.6. The number of hydrogen-bond acceptors (Lipinski definition) is 4. The molecule has 2 aromatic heterocycles. The van der Waals surface area contributed by atoms with E-state index in [4.69, 9.17) is 11.6 Å². The second kappa shape index (κ2) is 7.92. The molecule has 4 nitrogen and oxygen atoms in total. The number of aryl methyl sites for hydroxylation is 1. The molecule has 28 heavy (non-hydrogen) atoms. The second-order valence-electron chi connectivity index (χ2n) is 6.23. The standard InChI is InChI=1S/C22H16ClN3OS/c1-14-6-11-17(28-14)13-24-26-22(27)19-12-21(15-7-9-16(23)10-8-15)25-20-5-3-2-4-18(19)20/h2-13H,1H3,(H,26,27)/b24-13+. The summed E-state index contributed by atoms with van der Waals surface area (Å²) in [5, 5.41) is 5.53. The maximum atomic E-state index is 12.8. The van der Waals surface area contributed by atoms with Gasteiger partial charge in [0.2, 0.25) is 0 Å². The number of para-hydroxylation sites is 1. The minimum absolute atomic E-state index is 0.279. The van der Waals surface area contributed by atoms with Crippen molar-refractivity contribution in [3.8, 4) is 11.3 Å². The summed E-state index contributed by atoms with van der Waals surface area (Å²) in [4.78, 5) is 19.7. The highest BCUT2D eigenvalue weighted by molar-refractivity contribution is 7.13. The highest BCUT2D eigenvalue weighted by Gasteiger charge is 2.13. The fraction of sp³-hybridized carbons (Fsp3) is 0.0455. The third-order valence-electron chi connectivity index (χ3n) is 4.22. The summed E-state index contributed by atoms with van der Waals surface area (Å²) >= 11 is 7.60. The molecule has 0 aliphatic rings. The van der Waals surface area contributed by atoms with E-state index in [-0.39, 0.29) is 5.91 Å². The van der Waals surface area contributed by atoms with Crippen LogP contribution >= 0.6 is 22.9 Å². The number of nitrogens with one attached hydrogen (secondary N) is 1. The lowest BCUT2D eigenvalue weighted by atomic mass is 10.0. The molecule has 1 N–H and O–H groups in total. The number of amides is 1. The largest absolute Gasteiger partial charge is 0.272 e. The Labute approximate surface area is 171 Å². The number of halogens is 1. The van der Waals surface area contributed by atoms with Crippen LogP contribution in [0.1, 0.15) is 20.1 Å². The number of thiophene rings is 1. The van der Waals surface area contributed by atoms with Gasteiger partial charge in [-0.15, -0.1) is 11.3 Å². The van der Waals surface area contributed by atoms with Crippen molar-refractivity contribution >= 4 is 46.0 Å². The fourth-order valence-electron chi connectivity index (χ4n) is 2.87. The van der Waals surface area contributed by atoms with E-state index < -0.39 is 0 Å². The number of carbonyl (C=O) groups excluding carboxylic acids is 1. The number of aromatic nitrogens is 1. The predicted molar refractivity (Wildman–Crippen MR) is 116 cm³/mol. The van der Waals surface area contributed by atoms with E-state index in [9.17, 15) is 4.79 Å². The van der Waals surface area contributed by atoms with E-state index >= 15 is 0 Å². The van der Waals surface area contributed by atoms with Crippen molar-refractivity contribution in [3.05, 3.63) is 87.1 Å². The summed E-state index contributed by atoms with van der Waals surface area (Å²) < 4.78 is 0. The van der Waals surface area contributed by atoms with Gasteiger partial charge in [0.15, 0.2) is 0 Å². The van der Waals surface area contributed by atoms with Crippen LogP contribution < -0.4 is 5.43 Å². The molecular weight excluding hydrogens is 390 g/mol. The first-order valence-electron chi connectivity index (χ1n) is 8.66. The second-order valence-corrected chi connectivity index (χ2v) is 7.98. The fourth-order valence-corrected chi connectivity index (χ4v) is 3.74. The van der Waals surface area contributed by atoms with Crippen LogP contribution in [0.5, 0.6) is 0 Å². The molecule has 0 unspecified atom stereocenters. The van der Waals surface area contributed by atoms with Crippen LogP contribution in [0.15, 0.2) is 71.8 Å². The first-order valence-corrected chi connectivity index (χ1v) is 9.85. The van der Waals surface area contributed by atoms with Gasteiger partial charge in [-0.3, -0.25) is 4.79 Å². The van der Waals surface area contributed by atoms with Crippen LogP contribution in [0, 0.1) is 6.92 Å². The van der Waals surface area contributed by atoms with E-state index in [2.05, 4.69) is 15.5 Å². The van der Waals surface area contributed by atoms with Gasteiger partial charge in [-0.05, 0) is 43.3 Å². The van der Waals surface area contributed by atoms with Crippen LogP contribution in [0.2, 0.25) is 5.02 Å². The van der Waals surface area contributed by atoms with Gasteiger partial charge in [0.1, 0.15) is 0 Å². The van der Waals surface area contributed by atoms with Crippen molar-refractivity contribution in [1.82, 2.24) is 10.4 Å². The Balaban J connectivity index is 1.69. The molecule has 0 saturated carbocycles. The summed E-state index contributed by atoms with van der Waals surface area (Å²) in [6.07, 6.45) is 1.65. The Kier molecular flexibility index (Phi) is 5.19. The molecule has 0 saturated heterocycles. The van der Waals surface area contributed by atoms with Gasteiger partial charge >= 0.3 is 0 Å². The number of hydrogen-bond donors (Lipinski definition) is 1. The van der Waals surface area contributed by atoms with Gasteiger partial charge in [0.25, 0.3) is 5.91 Å². The summed E-state index contributed by atoms with van der Waals surface area (Å²) in [6, 6.07) is 20.7. The number of pyridine rings is 1. The van der Waals surface area contributed by atoms with Crippen molar-refractivity contribution in [2.75, 3.05) is 0 Å². The Morgan fingerprint density at radius 3 is 2.64 bits per heavy atom. The summed E-state index contributed by atoms with van der Waals surface area (Å²) in [7, 11) is 0. The number of nitrogens with zero attached hydrogens (tertiary/aromatic N) is 2. The molecule has 4 rings (SSSR count). The number of rotatable bonds is 4. The molecule has 2 heterocycles. The van der Waals surface area contributed by atoms with Gasteiger partial charge in [-0.25, -0.2) is 10.4 Å². The molecule has 6 heteroatoms. The van der Waals surface area contributed by atoms with Gasteiger partial charge < -0.3 is 0 Å². The minimum Gasteiger partial charge on any atom is -0.267 e. The Morgan fingerprint density at radius 1 is 1.11 bits per heavy atom. The molecule has 0 spiro atoms. The first kappa shape index (κ1) is 18.3. The molecule has 0 aliphatic heterocycles. The average Bonchev–Trinajstić information content (AvgIpc) is 3.12. The zero-order valence-electron chi connectivity index (χ0n) is 15.0. The van der Waals surface area contributed by atoms with Crippen molar-refractivity contribution in [2.24, 2.45) is 5.10 Å². The maximum Gasteiger partial charge on any atom is 0.272 e. The Hall–Kier alpha value is -3.02. The molecule has 2 aromatic carbocycles. The van der Waals surface area contributed by atoms with Crippen LogP contribution in [0.4, 0.5) is 0 Å². The molecule has 0 bridgehead atoms. The van der Waals surface area contributed by atoms with Gasteiger partial charge in [0.05, 0.1) is 23.0 Å². The zero-order chi connectivity index (χ0) is 19.5. The quantitative estimate of drug-likeness (QED) is 0.350. The van der Waals surface area contributed by atoms with Crippen molar-refractivity contribution in [1.29, 1.82) is 0 Å². The van der Waals surface area contributed by atoms with E-state index in [1.807, 2.05) is 55.5 Å². The topological polar surface area (TPSA) is 54.4 Å². The van der Waals surface area contributed by atoms with E-state index in [0.717, 1.165) is 21.3 Å². The number of fused-ring (bicyclic) bond motifs is 1. The lowest BCUT2D eigenvalue weighted by Gasteiger charge is -2.09. The van der Waals surface area contributed by atoms with Gasteiger partial charge in [0, 0.05) is 25.7 Å². The summed E-state index contributed by atoms with van der Waals surface area (Å²) in [6.45, 7) is 2.03. The minimum atomic E-state index is -0.279. The van der Waals surface area contributed by atoms with E-state index in [1.165, 1.54) is 4.88 Å². The van der Waals surface area contributed by atoms with Crippen LogP contribution in [-0.4, -0.2) is 17.1 Å². The summed E-state index contributed by atoms with van der Waals surface area (Å²) in [5.74, 6) is -0.279. The predicted octanol–water partition coefficient (Wildman–Crippen LogP) is 5.69. The SMILES string of the molecule is Cc1ccc(/C=N/NC(=O)c2cc(-c3ccc(Cl)cc3)nc3ccccc23)s1. The number of carbonyl (C=O) groups is 1. The van der Waals surface area contributed by atoms with Crippen molar-refractivity contribution < 1.29 is 4.79 Å². The van der Waals surface area contributed by atoms with Crippen LogP contribution in [-0.2, 0) is 0 Å². The lowest BCUT2D eigenvalue weighted by molar-refractivity contribution is 0.0957. The Bertz CT molecular complexity index is 1180. The molecule has 0 aliphatic carbocycles. The first-order chi connectivity index (χ1) is 13.6. The Morgan fingerprint density at radius 2 is 1.89 bits per heavy atom. The average molecular weight is 406 g/mol.